The summed E-state index contributed by atoms with van der Waals surface area (Å²) in [6.07, 6.45) is 0. The minimum Gasteiger partial charge on any atom is -0.326 e. The second kappa shape index (κ2) is 7.28. The highest BCUT2D eigenvalue weighted by Crippen LogP contribution is 2.15. The Morgan fingerprint density at radius 1 is 0.963 bits per heavy atom. The molecule has 2 N–H and O–H groups in total. The molecule has 1 aromatic heterocycles. The first-order chi connectivity index (χ1) is 12.9. The average molecular weight is 366 g/mol. The minimum absolute atomic E-state index is 0.221. The molecule has 2 aromatic carbocycles. The van der Waals surface area contributed by atoms with Crippen LogP contribution in [-0.4, -0.2) is 20.9 Å². The second-order valence-corrected chi connectivity index (χ2v) is 6.06. The van der Waals surface area contributed by atoms with E-state index in [-0.39, 0.29) is 12.5 Å². The van der Waals surface area contributed by atoms with Crippen molar-refractivity contribution in [3.8, 4) is 0 Å². The van der Waals surface area contributed by atoms with Gasteiger partial charge in [0.2, 0.25) is 11.8 Å². The fourth-order valence-electron chi connectivity index (χ4n) is 2.82. The van der Waals surface area contributed by atoms with E-state index in [1.54, 1.807) is 48.5 Å². The molecule has 0 fully saturated rings. The molecule has 2 amide bonds. The SMILES string of the molecule is CC(=O)Nc1cccc(NC(=O)Cn2c(=O)n(C)c(=O)c3ccccc32)c1. The number of carbonyl (C=O) groups excluding carboxylic acids is 2. The molecule has 0 aliphatic heterocycles. The molecule has 0 aliphatic rings. The largest absolute Gasteiger partial charge is 0.331 e. The smallest absolute Gasteiger partial charge is 0.326 e. The molecular weight excluding hydrogens is 348 g/mol. The third-order valence-electron chi connectivity index (χ3n) is 4.02. The van der Waals surface area contributed by atoms with Crippen LogP contribution >= 0.6 is 0 Å². The number of amides is 2. The van der Waals surface area contributed by atoms with Crippen LogP contribution in [-0.2, 0) is 23.2 Å². The fourth-order valence-corrected chi connectivity index (χ4v) is 2.82. The Kier molecular flexibility index (Phi) is 4.89. The van der Waals surface area contributed by atoms with E-state index < -0.39 is 17.2 Å². The second-order valence-electron chi connectivity index (χ2n) is 6.06. The van der Waals surface area contributed by atoms with Crippen LogP contribution in [0.3, 0.4) is 0 Å². The molecular formula is C19H18N4O4. The van der Waals surface area contributed by atoms with Gasteiger partial charge in [0.15, 0.2) is 0 Å². The zero-order chi connectivity index (χ0) is 19.6. The number of anilines is 2. The van der Waals surface area contributed by atoms with Gasteiger partial charge in [0.1, 0.15) is 6.54 Å². The molecule has 0 radical (unpaired) electrons. The Balaban J connectivity index is 1.90. The molecule has 0 spiro atoms. The van der Waals surface area contributed by atoms with Crippen molar-refractivity contribution in [2.45, 2.75) is 13.5 Å². The topological polar surface area (TPSA) is 102 Å². The predicted octanol–water partition coefficient (Wildman–Crippen LogP) is 1.30. The molecule has 3 rings (SSSR count). The predicted molar refractivity (Wildman–Crippen MR) is 103 cm³/mol. The lowest BCUT2D eigenvalue weighted by molar-refractivity contribution is -0.117. The lowest BCUT2D eigenvalue weighted by Crippen LogP contribution is -2.40. The minimum atomic E-state index is -0.569. The van der Waals surface area contributed by atoms with Gasteiger partial charge in [-0.15, -0.1) is 0 Å². The van der Waals surface area contributed by atoms with Crippen LogP contribution in [0.15, 0.2) is 58.1 Å². The summed E-state index contributed by atoms with van der Waals surface area (Å²) >= 11 is 0. The molecule has 0 atom stereocenters. The van der Waals surface area contributed by atoms with Gasteiger partial charge in [-0.3, -0.25) is 23.5 Å². The first-order valence-corrected chi connectivity index (χ1v) is 8.23. The van der Waals surface area contributed by atoms with Crippen LogP contribution in [0.5, 0.6) is 0 Å². The van der Waals surface area contributed by atoms with E-state index in [0.29, 0.717) is 22.3 Å². The lowest BCUT2D eigenvalue weighted by atomic mass is 10.2. The Hall–Kier alpha value is -3.68. The molecule has 3 aromatic rings. The summed E-state index contributed by atoms with van der Waals surface area (Å²) in [5.41, 5.74) is 0.447. The van der Waals surface area contributed by atoms with E-state index in [4.69, 9.17) is 0 Å². The van der Waals surface area contributed by atoms with Crippen molar-refractivity contribution in [3.05, 3.63) is 69.4 Å². The maximum Gasteiger partial charge on any atom is 0.331 e. The molecule has 0 saturated heterocycles. The number of carbonyl (C=O) groups is 2. The standard InChI is InChI=1S/C19H18N4O4/c1-12(24)20-13-6-5-7-14(10-13)21-17(25)11-23-16-9-4-3-8-15(16)18(26)22(2)19(23)27/h3-10H,11H2,1-2H3,(H,20,24)(H,21,25). The Bertz CT molecular complexity index is 1160. The first-order valence-electron chi connectivity index (χ1n) is 8.23. The van der Waals surface area contributed by atoms with Crippen molar-refractivity contribution in [3.63, 3.8) is 0 Å². The third-order valence-corrected chi connectivity index (χ3v) is 4.02. The quantitative estimate of drug-likeness (QED) is 0.726. The Labute approximate surface area is 154 Å². The fraction of sp³-hybridized carbons (Fsp3) is 0.158. The number of aromatic nitrogens is 2. The summed E-state index contributed by atoms with van der Waals surface area (Å²) in [5.74, 6) is -0.650. The monoisotopic (exact) mass is 366 g/mol. The summed E-state index contributed by atoms with van der Waals surface area (Å²) in [5, 5.41) is 5.69. The van der Waals surface area contributed by atoms with E-state index in [9.17, 15) is 19.2 Å². The molecule has 0 bridgehead atoms. The number of para-hydroxylation sites is 1. The van der Waals surface area contributed by atoms with Gasteiger partial charge < -0.3 is 10.6 Å². The van der Waals surface area contributed by atoms with E-state index in [1.165, 1.54) is 18.5 Å². The highest BCUT2D eigenvalue weighted by atomic mass is 16.2. The molecule has 0 unspecified atom stereocenters. The third kappa shape index (κ3) is 3.79. The van der Waals surface area contributed by atoms with Crippen LogP contribution < -0.4 is 21.9 Å². The number of benzene rings is 2. The van der Waals surface area contributed by atoms with Gasteiger partial charge >= 0.3 is 5.69 Å². The van der Waals surface area contributed by atoms with E-state index in [0.717, 1.165) is 4.57 Å². The average Bonchev–Trinajstić information content (AvgIpc) is 2.63. The summed E-state index contributed by atoms with van der Waals surface area (Å²) < 4.78 is 2.23. The summed E-state index contributed by atoms with van der Waals surface area (Å²) in [6.45, 7) is 1.14. The summed E-state index contributed by atoms with van der Waals surface area (Å²) in [4.78, 5) is 48.3. The maximum absolute atomic E-state index is 12.5. The Morgan fingerprint density at radius 3 is 2.33 bits per heavy atom. The molecule has 8 heteroatoms. The zero-order valence-electron chi connectivity index (χ0n) is 14.9. The molecule has 0 aliphatic carbocycles. The number of hydrogen-bond acceptors (Lipinski definition) is 4. The van der Waals surface area contributed by atoms with Gasteiger partial charge in [-0.1, -0.05) is 18.2 Å². The highest BCUT2D eigenvalue weighted by Gasteiger charge is 2.13. The van der Waals surface area contributed by atoms with Crippen LogP contribution in [0, 0.1) is 0 Å². The number of fused-ring (bicyclic) bond motifs is 1. The van der Waals surface area contributed by atoms with Gasteiger partial charge in [0, 0.05) is 25.3 Å². The zero-order valence-corrected chi connectivity index (χ0v) is 14.9. The van der Waals surface area contributed by atoms with Crippen LogP contribution in [0.25, 0.3) is 10.9 Å². The van der Waals surface area contributed by atoms with Crippen LogP contribution in [0.2, 0.25) is 0 Å². The number of nitrogens with zero attached hydrogens (tertiary/aromatic N) is 2. The maximum atomic E-state index is 12.5. The number of nitrogens with one attached hydrogen (secondary N) is 2. The lowest BCUT2D eigenvalue weighted by Gasteiger charge is -2.12. The molecule has 138 valence electrons. The van der Waals surface area contributed by atoms with Crippen molar-refractivity contribution >= 4 is 34.1 Å². The van der Waals surface area contributed by atoms with E-state index in [1.807, 2.05) is 0 Å². The van der Waals surface area contributed by atoms with Crippen LogP contribution in [0.4, 0.5) is 11.4 Å². The van der Waals surface area contributed by atoms with Crippen molar-refractivity contribution in [2.24, 2.45) is 7.05 Å². The van der Waals surface area contributed by atoms with Gasteiger partial charge in [-0.05, 0) is 30.3 Å². The van der Waals surface area contributed by atoms with Crippen LogP contribution in [0.1, 0.15) is 6.92 Å². The molecule has 0 saturated carbocycles. The number of rotatable bonds is 4. The van der Waals surface area contributed by atoms with Crippen molar-refractivity contribution in [2.75, 3.05) is 10.6 Å². The first kappa shape index (κ1) is 18.1. The summed E-state index contributed by atoms with van der Waals surface area (Å²) in [6, 6.07) is 13.3. The van der Waals surface area contributed by atoms with E-state index in [2.05, 4.69) is 10.6 Å². The van der Waals surface area contributed by atoms with Gasteiger partial charge in [0.05, 0.1) is 10.9 Å². The van der Waals surface area contributed by atoms with Crippen molar-refractivity contribution < 1.29 is 9.59 Å². The Morgan fingerprint density at radius 2 is 1.63 bits per heavy atom. The van der Waals surface area contributed by atoms with Gasteiger partial charge in [0.25, 0.3) is 5.56 Å². The molecule has 1 heterocycles. The van der Waals surface area contributed by atoms with Crippen molar-refractivity contribution in [1.29, 1.82) is 0 Å². The number of hydrogen-bond donors (Lipinski definition) is 2. The molecule has 27 heavy (non-hydrogen) atoms. The normalized spacial score (nSPS) is 10.6. The van der Waals surface area contributed by atoms with Gasteiger partial charge in [-0.2, -0.15) is 0 Å². The van der Waals surface area contributed by atoms with Crippen molar-refractivity contribution in [1.82, 2.24) is 9.13 Å². The van der Waals surface area contributed by atoms with E-state index >= 15 is 0 Å². The van der Waals surface area contributed by atoms with Gasteiger partial charge in [-0.25, -0.2) is 4.79 Å². The molecule has 8 nitrogen and oxygen atoms in total. The summed E-state index contributed by atoms with van der Waals surface area (Å²) in [7, 11) is 1.38. The highest BCUT2D eigenvalue weighted by molar-refractivity contribution is 5.93.